The van der Waals surface area contributed by atoms with Gasteiger partial charge in [-0.2, -0.15) is 5.10 Å². The molecule has 2 aromatic rings. The van der Waals surface area contributed by atoms with E-state index < -0.39 is 0 Å². The Morgan fingerprint density at radius 2 is 2.10 bits per heavy atom. The van der Waals surface area contributed by atoms with Crippen molar-refractivity contribution in [2.45, 2.75) is 38.5 Å². The predicted octanol–water partition coefficient (Wildman–Crippen LogP) is 2.10. The first kappa shape index (κ1) is 14.1. The van der Waals surface area contributed by atoms with Gasteiger partial charge >= 0.3 is 5.69 Å². The number of nitrogens with zero attached hydrogens (tertiary/aromatic N) is 2. The summed E-state index contributed by atoms with van der Waals surface area (Å²) in [5.41, 5.74) is 7.63. The van der Waals surface area contributed by atoms with Gasteiger partial charge in [0.25, 0.3) is 0 Å². The molecule has 1 fully saturated rings. The molecule has 1 aliphatic rings. The van der Waals surface area contributed by atoms with Gasteiger partial charge in [0.2, 0.25) is 0 Å². The molecule has 1 aliphatic carbocycles. The largest absolute Gasteiger partial charge is 0.347 e. The average Bonchev–Trinajstić information content (AvgIpc) is 2.89. The lowest BCUT2D eigenvalue weighted by Crippen LogP contribution is -2.24. The molecule has 0 aliphatic heterocycles. The molecule has 3 rings (SSSR count). The molecule has 21 heavy (non-hydrogen) atoms. The Bertz CT molecular complexity index is 665. The molecule has 3 N–H and O–H groups in total. The minimum Gasteiger partial charge on any atom is -0.330 e. The summed E-state index contributed by atoms with van der Waals surface area (Å²) in [5, 5.41) is 6.90. The van der Waals surface area contributed by atoms with Crippen LogP contribution in [0.1, 0.15) is 43.0 Å². The van der Waals surface area contributed by atoms with Crippen LogP contribution in [0.4, 0.5) is 0 Å². The van der Waals surface area contributed by atoms with Crippen LogP contribution in [0.15, 0.2) is 29.1 Å². The zero-order valence-electron chi connectivity index (χ0n) is 12.4. The number of aromatic nitrogens is 3. The van der Waals surface area contributed by atoms with Crippen molar-refractivity contribution in [3.05, 3.63) is 46.1 Å². The lowest BCUT2D eigenvalue weighted by atomic mass is 9.81. The monoisotopic (exact) mass is 286 g/mol. The third kappa shape index (κ3) is 2.78. The highest BCUT2D eigenvalue weighted by atomic mass is 16.1. The maximum Gasteiger partial charge on any atom is 0.347 e. The van der Waals surface area contributed by atoms with Crippen molar-refractivity contribution in [1.29, 1.82) is 0 Å². The predicted molar refractivity (Wildman–Crippen MR) is 82.7 cm³/mol. The molecule has 112 valence electrons. The molecule has 0 unspecified atom stereocenters. The quantitative estimate of drug-likeness (QED) is 0.907. The number of rotatable bonds is 3. The summed E-state index contributed by atoms with van der Waals surface area (Å²) in [4.78, 5) is 12.1. The van der Waals surface area contributed by atoms with Gasteiger partial charge in [0.15, 0.2) is 0 Å². The lowest BCUT2D eigenvalue weighted by molar-refractivity contribution is 0.323. The fourth-order valence-corrected chi connectivity index (χ4v) is 3.26. The van der Waals surface area contributed by atoms with E-state index in [2.05, 4.69) is 10.2 Å². The summed E-state index contributed by atoms with van der Waals surface area (Å²) < 4.78 is 1.72. The standard InChI is InChI=1S/C16H22N4O/c1-11-3-2-4-14(9-11)20-15(18-19-16(20)21)13-7-5-12(10-17)6-8-13/h2-4,9,12-13H,5-8,10,17H2,1H3,(H,19,21). The van der Waals surface area contributed by atoms with E-state index in [1.165, 1.54) is 0 Å². The maximum atomic E-state index is 12.1. The number of nitrogens with one attached hydrogen (secondary N) is 1. The molecule has 5 nitrogen and oxygen atoms in total. The summed E-state index contributed by atoms with van der Waals surface area (Å²) in [6.45, 7) is 2.79. The summed E-state index contributed by atoms with van der Waals surface area (Å²) >= 11 is 0. The maximum absolute atomic E-state index is 12.1. The van der Waals surface area contributed by atoms with E-state index >= 15 is 0 Å². The first-order valence-electron chi connectivity index (χ1n) is 7.63. The Morgan fingerprint density at radius 3 is 2.76 bits per heavy atom. The van der Waals surface area contributed by atoms with Gasteiger partial charge in [-0.15, -0.1) is 0 Å². The second-order valence-electron chi connectivity index (χ2n) is 6.01. The summed E-state index contributed by atoms with van der Waals surface area (Å²) in [6, 6.07) is 7.98. The Morgan fingerprint density at radius 1 is 1.33 bits per heavy atom. The van der Waals surface area contributed by atoms with Gasteiger partial charge in [-0.1, -0.05) is 12.1 Å². The van der Waals surface area contributed by atoms with Crippen LogP contribution < -0.4 is 11.4 Å². The van der Waals surface area contributed by atoms with Gasteiger partial charge in [-0.3, -0.25) is 0 Å². The molecule has 0 spiro atoms. The third-order valence-electron chi connectivity index (χ3n) is 4.50. The minimum absolute atomic E-state index is 0.156. The van der Waals surface area contributed by atoms with Crippen LogP contribution in [0.3, 0.4) is 0 Å². The van der Waals surface area contributed by atoms with Crippen LogP contribution in [0.2, 0.25) is 0 Å². The first-order chi connectivity index (χ1) is 10.2. The summed E-state index contributed by atoms with van der Waals surface area (Å²) in [7, 11) is 0. The van der Waals surface area contributed by atoms with E-state index in [0.29, 0.717) is 11.8 Å². The fraction of sp³-hybridized carbons (Fsp3) is 0.500. The average molecular weight is 286 g/mol. The molecule has 0 saturated heterocycles. The molecule has 0 atom stereocenters. The first-order valence-corrected chi connectivity index (χ1v) is 7.63. The Kier molecular flexibility index (Phi) is 3.92. The van der Waals surface area contributed by atoms with E-state index in [4.69, 9.17) is 5.73 Å². The van der Waals surface area contributed by atoms with Crippen molar-refractivity contribution < 1.29 is 0 Å². The van der Waals surface area contributed by atoms with Gasteiger partial charge in [-0.25, -0.2) is 14.5 Å². The SMILES string of the molecule is Cc1cccc(-n2c(C3CCC(CN)CC3)n[nH]c2=O)c1. The van der Waals surface area contributed by atoms with Gasteiger partial charge < -0.3 is 5.73 Å². The second-order valence-corrected chi connectivity index (χ2v) is 6.01. The molecule has 1 heterocycles. The van der Waals surface area contributed by atoms with Crippen molar-refractivity contribution in [2.24, 2.45) is 11.7 Å². The Balaban J connectivity index is 1.93. The van der Waals surface area contributed by atoms with Gasteiger partial charge in [0.05, 0.1) is 5.69 Å². The van der Waals surface area contributed by atoms with Crippen LogP contribution in [-0.4, -0.2) is 21.3 Å². The lowest BCUT2D eigenvalue weighted by Gasteiger charge is -2.27. The van der Waals surface area contributed by atoms with E-state index in [1.807, 2.05) is 31.2 Å². The van der Waals surface area contributed by atoms with Crippen LogP contribution in [0.25, 0.3) is 5.69 Å². The number of aromatic amines is 1. The van der Waals surface area contributed by atoms with Crippen LogP contribution in [-0.2, 0) is 0 Å². The smallest absolute Gasteiger partial charge is 0.330 e. The molecule has 1 aromatic heterocycles. The van der Waals surface area contributed by atoms with Gasteiger partial charge in [0.1, 0.15) is 5.82 Å². The zero-order valence-corrected chi connectivity index (χ0v) is 12.4. The summed E-state index contributed by atoms with van der Waals surface area (Å²) in [5.74, 6) is 1.83. The van der Waals surface area contributed by atoms with Crippen LogP contribution in [0.5, 0.6) is 0 Å². The Hall–Kier alpha value is -1.88. The molecular weight excluding hydrogens is 264 g/mol. The van der Waals surface area contributed by atoms with Crippen molar-refractivity contribution >= 4 is 0 Å². The molecule has 0 bridgehead atoms. The topological polar surface area (TPSA) is 76.7 Å². The number of nitrogens with two attached hydrogens (primary N) is 1. The number of H-pyrrole nitrogens is 1. The van der Waals surface area contributed by atoms with Crippen LogP contribution in [0, 0.1) is 12.8 Å². The van der Waals surface area contributed by atoms with E-state index in [1.54, 1.807) is 4.57 Å². The van der Waals surface area contributed by atoms with E-state index in [9.17, 15) is 4.79 Å². The van der Waals surface area contributed by atoms with Crippen molar-refractivity contribution in [3.63, 3.8) is 0 Å². The van der Waals surface area contributed by atoms with Crippen molar-refractivity contribution in [3.8, 4) is 5.69 Å². The van der Waals surface area contributed by atoms with Gasteiger partial charge in [-0.05, 0) is 62.8 Å². The van der Waals surface area contributed by atoms with Crippen LogP contribution >= 0.6 is 0 Å². The van der Waals surface area contributed by atoms with E-state index in [0.717, 1.165) is 49.3 Å². The molecule has 5 heteroatoms. The summed E-state index contributed by atoms with van der Waals surface area (Å²) in [6.07, 6.45) is 4.35. The number of hydrogen-bond donors (Lipinski definition) is 2. The van der Waals surface area contributed by atoms with Crippen molar-refractivity contribution in [2.75, 3.05) is 6.54 Å². The number of benzene rings is 1. The fourth-order valence-electron chi connectivity index (χ4n) is 3.26. The molecule has 1 saturated carbocycles. The molecule has 0 amide bonds. The van der Waals surface area contributed by atoms with E-state index in [-0.39, 0.29) is 5.69 Å². The second kappa shape index (κ2) is 5.85. The third-order valence-corrected chi connectivity index (χ3v) is 4.50. The molecule has 1 aromatic carbocycles. The molecular formula is C16H22N4O. The highest BCUT2D eigenvalue weighted by Gasteiger charge is 2.26. The van der Waals surface area contributed by atoms with Crippen molar-refractivity contribution in [1.82, 2.24) is 14.8 Å². The van der Waals surface area contributed by atoms with Gasteiger partial charge in [0, 0.05) is 5.92 Å². The zero-order chi connectivity index (χ0) is 14.8. The molecule has 0 radical (unpaired) electrons. The highest BCUT2D eigenvalue weighted by Crippen LogP contribution is 2.34. The normalized spacial score (nSPS) is 22.4. The number of hydrogen-bond acceptors (Lipinski definition) is 3. The number of aryl methyl sites for hydroxylation is 1. The minimum atomic E-state index is -0.156. The highest BCUT2D eigenvalue weighted by molar-refractivity contribution is 5.36. The Labute approximate surface area is 124 Å².